The van der Waals surface area contributed by atoms with E-state index in [1.54, 1.807) is 12.1 Å². The van der Waals surface area contributed by atoms with Gasteiger partial charge in [-0.25, -0.2) is 18.0 Å². The van der Waals surface area contributed by atoms with Crippen molar-refractivity contribution in [1.29, 1.82) is 0 Å². The highest BCUT2D eigenvalue weighted by molar-refractivity contribution is 7.92. The minimum atomic E-state index is -3.69. The summed E-state index contributed by atoms with van der Waals surface area (Å²) in [6, 6.07) is 19.1. The first-order valence-electron chi connectivity index (χ1n) is 13.1. The Balaban J connectivity index is 0.000000631. The number of aryl methyl sites for hydroxylation is 1. The van der Waals surface area contributed by atoms with E-state index in [-0.39, 0.29) is 0 Å². The Morgan fingerprint density at radius 2 is 1.56 bits per heavy atom. The minimum Gasteiger partial charge on any atom is -0.489 e. The number of hydrogen-bond donors (Lipinski definition) is 2. The molecule has 9 nitrogen and oxygen atoms in total. The number of ether oxygens (including phenoxy) is 1. The molecule has 1 aliphatic heterocycles. The Hall–Kier alpha value is -3.63. The first kappa shape index (κ1) is 29.9. The van der Waals surface area contributed by atoms with Crippen LogP contribution >= 0.6 is 0 Å². The molecule has 3 aromatic rings. The van der Waals surface area contributed by atoms with Crippen molar-refractivity contribution in [2.75, 3.05) is 37.1 Å². The molecule has 0 bridgehead atoms. The van der Waals surface area contributed by atoms with Gasteiger partial charge in [0.1, 0.15) is 12.4 Å². The molecule has 0 unspecified atom stereocenters. The van der Waals surface area contributed by atoms with Crippen LogP contribution in [0.4, 0.5) is 5.69 Å². The highest BCUT2D eigenvalue weighted by Crippen LogP contribution is 2.36. The smallest absolute Gasteiger partial charge is 0.414 e. The lowest BCUT2D eigenvalue weighted by Gasteiger charge is -2.31. The molecule has 0 fully saturated rings. The van der Waals surface area contributed by atoms with Crippen molar-refractivity contribution in [1.82, 2.24) is 4.90 Å². The van der Waals surface area contributed by atoms with Gasteiger partial charge in [-0.15, -0.1) is 0 Å². The molecule has 3 aromatic carbocycles. The summed E-state index contributed by atoms with van der Waals surface area (Å²) in [4.78, 5) is 21.0. The number of carbonyl (C=O) groups is 2. The number of nitrogens with zero attached hydrogens (tertiary/aromatic N) is 2. The summed E-state index contributed by atoms with van der Waals surface area (Å²) in [5.41, 5.74) is 1.79. The maximum absolute atomic E-state index is 13.6. The van der Waals surface area contributed by atoms with Crippen LogP contribution in [0, 0.1) is 0 Å². The molecule has 39 heavy (non-hydrogen) atoms. The van der Waals surface area contributed by atoms with E-state index < -0.39 is 22.0 Å². The van der Waals surface area contributed by atoms with Gasteiger partial charge in [-0.1, -0.05) is 50.2 Å². The van der Waals surface area contributed by atoms with Gasteiger partial charge in [0.25, 0.3) is 10.0 Å². The van der Waals surface area contributed by atoms with E-state index in [1.165, 1.54) is 4.31 Å². The van der Waals surface area contributed by atoms with Crippen LogP contribution in [0.5, 0.6) is 5.75 Å². The monoisotopic (exact) mass is 556 g/mol. The van der Waals surface area contributed by atoms with Crippen molar-refractivity contribution in [2.45, 2.75) is 44.4 Å². The molecule has 0 saturated carbocycles. The zero-order valence-corrected chi connectivity index (χ0v) is 23.2. The largest absolute Gasteiger partial charge is 0.489 e. The molecule has 0 aliphatic carbocycles. The highest BCUT2D eigenvalue weighted by atomic mass is 32.2. The SMILES string of the molecule is CCCN(CCC)CCCc1ccc2c(c1)N(S(=O)(=O)c1ccc3ccccc3c1)CCO2.O=C(O)C(=O)O. The van der Waals surface area contributed by atoms with Crippen molar-refractivity contribution < 1.29 is 33.0 Å². The first-order chi connectivity index (χ1) is 18.7. The van der Waals surface area contributed by atoms with E-state index in [0.717, 1.165) is 61.7 Å². The van der Waals surface area contributed by atoms with Crippen LogP contribution in [0.15, 0.2) is 65.6 Å². The molecular weight excluding hydrogens is 520 g/mol. The molecule has 0 spiro atoms. The Kier molecular flexibility index (Phi) is 10.7. The molecule has 1 heterocycles. The lowest BCUT2D eigenvalue weighted by atomic mass is 10.1. The van der Waals surface area contributed by atoms with Crippen LogP contribution in [0.3, 0.4) is 0 Å². The molecule has 4 rings (SSSR count). The van der Waals surface area contributed by atoms with Crippen molar-refractivity contribution in [2.24, 2.45) is 0 Å². The van der Waals surface area contributed by atoms with E-state index >= 15 is 0 Å². The fraction of sp³-hybridized carbons (Fsp3) is 0.379. The van der Waals surface area contributed by atoms with Crippen LogP contribution in [0.1, 0.15) is 38.7 Å². The number of aliphatic carboxylic acids is 2. The van der Waals surface area contributed by atoms with Gasteiger partial charge in [0.05, 0.1) is 17.1 Å². The topological polar surface area (TPSA) is 124 Å². The van der Waals surface area contributed by atoms with Crippen LogP contribution in [-0.4, -0.2) is 68.3 Å². The molecule has 0 amide bonds. The van der Waals surface area contributed by atoms with E-state index in [0.29, 0.717) is 29.5 Å². The van der Waals surface area contributed by atoms with Crippen LogP contribution in [-0.2, 0) is 26.0 Å². The minimum absolute atomic E-state index is 0.312. The predicted molar refractivity (Wildman–Crippen MR) is 151 cm³/mol. The number of benzene rings is 3. The van der Waals surface area contributed by atoms with Gasteiger partial charge in [-0.3, -0.25) is 4.31 Å². The quantitative estimate of drug-likeness (QED) is 0.346. The molecule has 1 aliphatic rings. The predicted octanol–water partition coefficient (Wildman–Crippen LogP) is 4.64. The molecular formula is C29H36N2O7S. The van der Waals surface area contributed by atoms with Gasteiger partial charge in [0.15, 0.2) is 0 Å². The number of sulfonamides is 1. The van der Waals surface area contributed by atoms with Crippen molar-refractivity contribution in [3.05, 3.63) is 66.2 Å². The van der Waals surface area contributed by atoms with Crippen molar-refractivity contribution in [3.8, 4) is 5.75 Å². The van der Waals surface area contributed by atoms with Gasteiger partial charge < -0.3 is 19.8 Å². The third kappa shape index (κ3) is 7.93. The Morgan fingerprint density at radius 3 is 2.21 bits per heavy atom. The van der Waals surface area contributed by atoms with Gasteiger partial charge >= 0.3 is 11.9 Å². The van der Waals surface area contributed by atoms with Gasteiger partial charge in [0, 0.05) is 0 Å². The molecule has 210 valence electrons. The van der Waals surface area contributed by atoms with Crippen LogP contribution in [0.25, 0.3) is 10.8 Å². The third-order valence-corrected chi connectivity index (χ3v) is 8.16. The lowest BCUT2D eigenvalue weighted by molar-refractivity contribution is -0.159. The summed E-state index contributed by atoms with van der Waals surface area (Å²) in [5, 5.41) is 16.7. The van der Waals surface area contributed by atoms with E-state index in [1.807, 2.05) is 42.5 Å². The second kappa shape index (κ2) is 14.0. The maximum Gasteiger partial charge on any atom is 0.414 e. The number of hydrogen-bond acceptors (Lipinski definition) is 6. The summed E-state index contributed by atoms with van der Waals surface area (Å²) < 4.78 is 34.5. The number of fused-ring (bicyclic) bond motifs is 2. The van der Waals surface area contributed by atoms with Crippen molar-refractivity contribution >= 4 is 38.4 Å². The molecule has 0 atom stereocenters. The van der Waals surface area contributed by atoms with Crippen LogP contribution in [0.2, 0.25) is 0 Å². The molecule has 0 saturated heterocycles. The number of carboxylic acid groups (broad SMARTS) is 2. The lowest BCUT2D eigenvalue weighted by Crippen LogP contribution is -2.38. The van der Waals surface area contributed by atoms with Gasteiger partial charge in [-0.05, 0) is 85.9 Å². The van der Waals surface area contributed by atoms with Crippen LogP contribution < -0.4 is 9.04 Å². The average molecular weight is 557 g/mol. The van der Waals surface area contributed by atoms with E-state index in [2.05, 4.69) is 24.8 Å². The number of rotatable bonds is 10. The third-order valence-electron chi connectivity index (χ3n) is 6.36. The first-order valence-corrected chi connectivity index (χ1v) is 14.6. The maximum atomic E-state index is 13.6. The molecule has 10 heteroatoms. The Morgan fingerprint density at radius 1 is 0.897 bits per heavy atom. The zero-order valence-electron chi connectivity index (χ0n) is 22.4. The zero-order chi connectivity index (χ0) is 28.4. The summed E-state index contributed by atoms with van der Waals surface area (Å²) >= 11 is 0. The summed E-state index contributed by atoms with van der Waals surface area (Å²) in [7, 11) is -3.69. The van der Waals surface area contributed by atoms with E-state index in [4.69, 9.17) is 24.5 Å². The fourth-order valence-electron chi connectivity index (χ4n) is 4.57. The number of anilines is 1. The molecule has 0 aromatic heterocycles. The van der Waals surface area contributed by atoms with Crippen molar-refractivity contribution in [3.63, 3.8) is 0 Å². The fourth-order valence-corrected chi connectivity index (χ4v) is 6.06. The van der Waals surface area contributed by atoms with Gasteiger partial charge in [0.2, 0.25) is 0 Å². The van der Waals surface area contributed by atoms with E-state index in [9.17, 15) is 8.42 Å². The van der Waals surface area contributed by atoms with Gasteiger partial charge in [-0.2, -0.15) is 0 Å². The molecule has 2 N–H and O–H groups in total. The second-order valence-corrected chi connectivity index (χ2v) is 11.2. The normalized spacial score (nSPS) is 12.8. The Bertz CT molecular complexity index is 1370. The summed E-state index contributed by atoms with van der Waals surface area (Å²) in [6.07, 6.45) is 4.30. The Labute approximate surface area is 229 Å². The standard InChI is InChI=1S/C27H34N2O3S.C2H2O4/c1-3-15-28(16-4-2)17-7-8-22-11-14-27-26(20-22)29(18-19-32-27)33(30,31)25-13-12-23-9-5-6-10-24(23)21-25;3-1(4)2(5)6/h5-6,9-14,20-21H,3-4,7-8,15-19H2,1-2H3;(H,3,4)(H,5,6). The summed E-state index contributed by atoms with van der Waals surface area (Å²) in [6.45, 7) is 8.42. The highest BCUT2D eigenvalue weighted by Gasteiger charge is 2.30. The average Bonchev–Trinajstić information content (AvgIpc) is 2.93. The second-order valence-electron chi connectivity index (χ2n) is 9.29. The molecule has 0 radical (unpaired) electrons. The summed E-state index contributed by atoms with van der Waals surface area (Å²) in [5.74, 6) is -3.02. The number of carboxylic acids is 2.